The number of hydrogen-bond acceptors (Lipinski definition) is 4. The molecule has 1 aliphatic carbocycles. The van der Waals surface area contributed by atoms with Gasteiger partial charge in [0.2, 0.25) is 0 Å². The van der Waals surface area contributed by atoms with Gasteiger partial charge in [0.05, 0.1) is 6.61 Å². The van der Waals surface area contributed by atoms with Gasteiger partial charge in [0, 0.05) is 36.8 Å². The lowest BCUT2D eigenvalue weighted by molar-refractivity contribution is -0.0485. The molecule has 4 nitrogen and oxygen atoms in total. The van der Waals surface area contributed by atoms with Gasteiger partial charge in [0.25, 0.3) is 0 Å². The molecule has 3 unspecified atom stereocenters. The fourth-order valence-electron chi connectivity index (χ4n) is 5.36. The first-order valence-corrected chi connectivity index (χ1v) is 10.7. The van der Waals surface area contributed by atoms with Crippen molar-refractivity contribution in [2.45, 2.75) is 57.3 Å². The quantitative estimate of drug-likeness (QED) is 0.807. The van der Waals surface area contributed by atoms with Crippen LogP contribution in [-0.4, -0.2) is 49.3 Å². The molecular formula is C22H33F2N3O. The van der Waals surface area contributed by atoms with Crippen LogP contribution in [0.15, 0.2) is 18.2 Å². The van der Waals surface area contributed by atoms with Crippen LogP contribution >= 0.6 is 0 Å². The molecule has 0 amide bonds. The fraction of sp³-hybridized carbons (Fsp3) is 0.727. The summed E-state index contributed by atoms with van der Waals surface area (Å²) in [5.74, 6) is 1.28. The number of benzene rings is 1. The van der Waals surface area contributed by atoms with E-state index < -0.39 is 17.7 Å². The molecule has 2 saturated heterocycles. The molecule has 4 rings (SSSR count). The zero-order valence-corrected chi connectivity index (χ0v) is 16.9. The zero-order valence-electron chi connectivity index (χ0n) is 16.9. The topological polar surface area (TPSA) is 50.5 Å². The third-order valence-electron chi connectivity index (χ3n) is 6.78. The number of halogens is 2. The van der Waals surface area contributed by atoms with Crippen molar-refractivity contribution < 1.29 is 13.5 Å². The van der Waals surface area contributed by atoms with Crippen molar-refractivity contribution in [2.75, 3.05) is 26.2 Å². The monoisotopic (exact) mass is 393 g/mol. The maximum atomic E-state index is 14.1. The average molecular weight is 394 g/mol. The summed E-state index contributed by atoms with van der Waals surface area (Å²) in [5.41, 5.74) is 6.58. The Bertz CT molecular complexity index is 672. The zero-order chi connectivity index (χ0) is 19.8. The van der Waals surface area contributed by atoms with Gasteiger partial charge in [0.15, 0.2) is 0 Å². The molecule has 0 bridgehead atoms. The first kappa shape index (κ1) is 20.2. The van der Waals surface area contributed by atoms with E-state index in [2.05, 4.69) is 24.1 Å². The van der Waals surface area contributed by atoms with E-state index in [1.165, 1.54) is 18.9 Å². The van der Waals surface area contributed by atoms with E-state index in [1.807, 2.05) is 0 Å². The van der Waals surface area contributed by atoms with Gasteiger partial charge in [-0.25, -0.2) is 8.78 Å². The molecule has 28 heavy (non-hydrogen) atoms. The van der Waals surface area contributed by atoms with Crippen molar-refractivity contribution in [3.63, 3.8) is 0 Å². The van der Waals surface area contributed by atoms with Gasteiger partial charge in [-0.05, 0) is 61.8 Å². The number of ether oxygens (including phenoxy) is 1. The summed E-state index contributed by atoms with van der Waals surface area (Å²) in [7, 11) is 0. The molecule has 1 aromatic carbocycles. The number of hydrogen-bond donors (Lipinski definition) is 2. The van der Waals surface area contributed by atoms with Crippen LogP contribution < -0.4 is 11.1 Å². The Labute approximate surface area is 166 Å². The van der Waals surface area contributed by atoms with Crippen LogP contribution in [0.3, 0.4) is 0 Å². The summed E-state index contributed by atoms with van der Waals surface area (Å²) in [6.07, 6.45) is 2.70. The number of nitrogens with zero attached hydrogens (tertiary/aromatic N) is 1. The van der Waals surface area contributed by atoms with E-state index in [1.54, 1.807) is 0 Å². The molecule has 0 spiro atoms. The number of likely N-dealkylation sites (tertiary alicyclic amines) is 1. The normalized spacial score (nSPS) is 36.2. The Morgan fingerprint density at radius 2 is 1.89 bits per heavy atom. The van der Waals surface area contributed by atoms with Gasteiger partial charge in [-0.3, -0.25) is 4.90 Å². The first-order valence-electron chi connectivity index (χ1n) is 10.7. The summed E-state index contributed by atoms with van der Waals surface area (Å²) >= 11 is 0. The second-order valence-electron chi connectivity index (χ2n) is 9.42. The third-order valence-corrected chi connectivity index (χ3v) is 6.78. The average Bonchev–Trinajstić information content (AvgIpc) is 3.21. The number of nitrogens with two attached hydrogens (primary N) is 1. The minimum Gasteiger partial charge on any atom is -0.370 e. The summed E-state index contributed by atoms with van der Waals surface area (Å²) in [5, 5.41) is 3.72. The van der Waals surface area contributed by atoms with Gasteiger partial charge in [-0.1, -0.05) is 13.8 Å². The first-order chi connectivity index (χ1) is 13.4. The molecule has 0 radical (unpaired) electrons. The summed E-state index contributed by atoms with van der Waals surface area (Å²) < 4.78 is 33.6. The highest BCUT2D eigenvalue weighted by atomic mass is 19.1. The molecule has 156 valence electrons. The minimum atomic E-state index is -0.571. The Morgan fingerprint density at radius 3 is 2.54 bits per heavy atom. The molecule has 2 aliphatic heterocycles. The molecule has 3 N–H and O–H groups in total. The molecule has 1 aromatic rings. The predicted octanol–water partition coefficient (Wildman–Crippen LogP) is 3.08. The van der Waals surface area contributed by atoms with Crippen molar-refractivity contribution in [3.8, 4) is 0 Å². The molecule has 6 heteroatoms. The lowest BCUT2D eigenvalue weighted by atomic mass is 9.93. The predicted molar refractivity (Wildman–Crippen MR) is 106 cm³/mol. The smallest absolute Gasteiger partial charge is 0.129 e. The van der Waals surface area contributed by atoms with Gasteiger partial charge < -0.3 is 15.8 Å². The van der Waals surface area contributed by atoms with E-state index in [0.717, 1.165) is 50.0 Å². The SMILES string of the molecule is CC(C)CNC1CC2CN([C@H]3CO[C@H](c4cc(F)ccc4F)C(N)C3)CC2C1. The Hall–Kier alpha value is -1.08. The highest BCUT2D eigenvalue weighted by Gasteiger charge is 2.44. The van der Waals surface area contributed by atoms with Crippen LogP contribution in [0.25, 0.3) is 0 Å². The Kier molecular flexibility index (Phi) is 6.02. The van der Waals surface area contributed by atoms with Crippen molar-refractivity contribution in [2.24, 2.45) is 23.5 Å². The molecule has 1 saturated carbocycles. The van der Waals surface area contributed by atoms with Crippen molar-refractivity contribution in [3.05, 3.63) is 35.4 Å². The van der Waals surface area contributed by atoms with Gasteiger partial charge in [-0.15, -0.1) is 0 Å². The maximum absolute atomic E-state index is 14.1. The van der Waals surface area contributed by atoms with E-state index in [-0.39, 0.29) is 17.6 Å². The van der Waals surface area contributed by atoms with Gasteiger partial charge in [0.1, 0.15) is 17.7 Å². The molecule has 2 heterocycles. The standard InChI is InChI=1S/C22H33F2N3O/c1-13(2)9-26-17-5-14-10-27(11-15(14)6-17)18-8-21(25)22(28-12-18)19-7-16(23)3-4-20(19)24/h3-4,7,13-15,17-18,21-22,26H,5-6,8-12,25H2,1-2H3/t14?,15?,17?,18-,21?,22-/m1/s1. The molecule has 0 aromatic heterocycles. The van der Waals surface area contributed by atoms with Crippen LogP contribution in [0.2, 0.25) is 0 Å². The number of fused-ring (bicyclic) bond motifs is 1. The van der Waals surface area contributed by atoms with E-state index in [0.29, 0.717) is 18.6 Å². The van der Waals surface area contributed by atoms with Crippen LogP contribution in [0.4, 0.5) is 8.78 Å². The molecule has 5 atom stereocenters. The van der Waals surface area contributed by atoms with Gasteiger partial charge >= 0.3 is 0 Å². The highest BCUT2D eigenvalue weighted by molar-refractivity contribution is 5.23. The van der Waals surface area contributed by atoms with Crippen LogP contribution in [0.1, 0.15) is 44.8 Å². The Balaban J connectivity index is 1.31. The lowest BCUT2D eigenvalue weighted by Crippen LogP contribution is -2.49. The van der Waals surface area contributed by atoms with E-state index in [4.69, 9.17) is 10.5 Å². The van der Waals surface area contributed by atoms with Crippen LogP contribution in [0, 0.1) is 29.4 Å². The van der Waals surface area contributed by atoms with Gasteiger partial charge in [-0.2, -0.15) is 0 Å². The summed E-state index contributed by atoms with van der Waals surface area (Å²) in [4.78, 5) is 2.52. The molecule has 3 aliphatic rings. The lowest BCUT2D eigenvalue weighted by Gasteiger charge is -2.39. The number of nitrogens with one attached hydrogen (secondary N) is 1. The van der Waals surface area contributed by atoms with Crippen molar-refractivity contribution in [1.82, 2.24) is 10.2 Å². The summed E-state index contributed by atoms with van der Waals surface area (Å²) in [6.45, 7) is 8.33. The second kappa shape index (κ2) is 8.34. The van der Waals surface area contributed by atoms with Crippen molar-refractivity contribution in [1.29, 1.82) is 0 Å². The van der Waals surface area contributed by atoms with E-state index in [9.17, 15) is 8.78 Å². The molecular weight excluding hydrogens is 360 g/mol. The molecule has 3 fully saturated rings. The largest absolute Gasteiger partial charge is 0.370 e. The highest BCUT2D eigenvalue weighted by Crippen LogP contribution is 2.41. The van der Waals surface area contributed by atoms with Crippen molar-refractivity contribution >= 4 is 0 Å². The number of rotatable bonds is 5. The maximum Gasteiger partial charge on any atom is 0.129 e. The minimum absolute atomic E-state index is 0.239. The van der Waals surface area contributed by atoms with Crippen LogP contribution in [0.5, 0.6) is 0 Å². The third kappa shape index (κ3) is 4.25. The second-order valence-corrected chi connectivity index (χ2v) is 9.42. The Morgan fingerprint density at radius 1 is 1.18 bits per heavy atom. The van der Waals surface area contributed by atoms with Crippen LogP contribution in [-0.2, 0) is 4.74 Å². The fourth-order valence-corrected chi connectivity index (χ4v) is 5.36. The summed E-state index contributed by atoms with van der Waals surface area (Å²) in [6, 6.07) is 4.10. The van der Waals surface area contributed by atoms with E-state index >= 15 is 0 Å².